The van der Waals surface area contributed by atoms with Crippen LogP contribution < -0.4 is 4.74 Å². The van der Waals surface area contributed by atoms with Gasteiger partial charge in [0.05, 0.1) is 0 Å². The zero-order chi connectivity index (χ0) is 10.7. The van der Waals surface area contributed by atoms with Gasteiger partial charge in [0.25, 0.3) is 0 Å². The topological polar surface area (TPSA) is 26.3 Å². The quantitative estimate of drug-likeness (QED) is 0.350. The van der Waals surface area contributed by atoms with Gasteiger partial charge in [-0.05, 0) is 37.1 Å². The monoisotopic (exact) mass is 208 g/mol. The Kier molecular flexibility index (Phi) is 3.36. The van der Waals surface area contributed by atoms with Crippen LogP contribution in [0.25, 0.3) is 0 Å². The molecule has 0 saturated heterocycles. The molecule has 0 aromatic heterocycles. The lowest BCUT2D eigenvalue weighted by atomic mass is 10.1. The van der Waals surface area contributed by atoms with E-state index in [4.69, 9.17) is 4.74 Å². The van der Waals surface area contributed by atoms with Crippen LogP contribution in [0.5, 0.6) is 5.75 Å². The summed E-state index contributed by atoms with van der Waals surface area (Å²) in [6.07, 6.45) is 1.14. The molecule has 0 saturated carbocycles. The summed E-state index contributed by atoms with van der Waals surface area (Å²) in [7, 11) is 0. The molecule has 0 amide bonds. The fourth-order valence-corrected chi connectivity index (χ4v) is 1.28. The molecule has 0 N–H and O–H groups in total. The van der Waals surface area contributed by atoms with Crippen molar-refractivity contribution in [2.24, 2.45) is 0 Å². The van der Waals surface area contributed by atoms with E-state index in [1.165, 1.54) is 0 Å². The molecule has 14 heavy (non-hydrogen) atoms. The van der Waals surface area contributed by atoms with Crippen LogP contribution in [-0.2, 0) is 4.79 Å². The first kappa shape index (κ1) is 10.9. The predicted molar refractivity (Wildman–Crippen MR) is 59.0 cm³/mol. The molecule has 74 valence electrons. The lowest BCUT2D eigenvalue weighted by Crippen LogP contribution is -2.05. The second-order valence-corrected chi connectivity index (χ2v) is 3.44. The molecule has 0 radical (unpaired) electrons. The Morgan fingerprint density at radius 3 is 2.64 bits per heavy atom. The van der Waals surface area contributed by atoms with Gasteiger partial charge in [-0.25, -0.2) is 4.79 Å². The SMILES string of the molecule is C=CC(=O)Oc1ccc(S)c(C)c1C. The minimum atomic E-state index is -0.445. The van der Waals surface area contributed by atoms with Crippen molar-refractivity contribution in [1.82, 2.24) is 0 Å². The third-order valence-electron chi connectivity index (χ3n) is 2.09. The molecular formula is C11H12O2S. The summed E-state index contributed by atoms with van der Waals surface area (Å²) < 4.78 is 5.04. The summed E-state index contributed by atoms with van der Waals surface area (Å²) in [5.74, 6) is 0.115. The van der Waals surface area contributed by atoms with E-state index in [0.29, 0.717) is 5.75 Å². The highest BCUT2D eigenvalue weighted by Crippen LogP contribution is 2.26. The molecule has 0 unspecified atom stereocenters. The molecule has 2 nitrogen and oxygen atoms in total. The fraction of sp³-hybridized carbons (Fsp3) is 0.182. The Morgan fingerprint density at radius 1 is 1.43 bits per heavy atom. The number of benzene rings is 1. The maximum absolute atomic E-state index is 11.0. The van der Waals surface area contributed by atoms with Crippen molar-refractivity contribution in [3.63, 3.8) is 0 Å². The van der Waals surface area contributed by atoms with E-state index in [-0.39, 0.29) is 0 Å². The summed E-state index contributed by atoms with van der Waals surface area (Å²) >= 11 is 4.27. The van der Waals surface area contributed by atoms with Crippen LogP contribution in [0.3, 0.4) is 0 Å². The van der Waals surface area contributed by atoms with E-state index in [1.54, 1.807) is 12.1 Å². The molecule has 0 heterocycles. The summed E-state index contributed by atoms with van der Waals surface area (Å²) in [4.78, 5) is 11.9. The maximum atomic E-state index is 11.0. The van der Waals surface area contributed by atoms with Gasteiger partial charge >= 0.3 is 5.97 Å². The van der Waals surface area contributed by atoms with Crippen LogP contribution in [0.4, 0.5) is 0 Å². The number of esters is 1. The van der Waals surface area contributed by atoms with Crippen LogP contribution in [0.1, 0.15) is 11.1 Å². The fourth-order valence-electron chi connectivity index (χ4n) is 1.04. The summed E-state index contributed by atoms with van der Waals surface area (Å²) in [5.41, 5.74) is 1.94. The predicted octanol–water partition coefficient (Wildman–Crippen LogP) is 2.68. The van der Waals surface area contributed by atoms with Crippen LogP contribution in [0, 0.1) is 13.8 Å². The van der Waals surface area contributed by atoms with E-state index in [0.717, 1.165) is 22.1 Å². The van der Waals surface area contributed by atoms with Gasteiger partial charge in [-0.1, -0.05) is 6.58 Å². The zero-order valence-electron chi connectivity index (χ0n) is 8.20. The van der Waals surface area contributed by atoms with Gasteiger partial charge in [-0.2, -0.15) is 0 Å². The van der Waals surface area contributed by atoms with Gasteiger partial charge in [0.15, 0.2) is 0 Å². The van der Waals surface area contributed by atoms with Crippen molar-refractivity contribution in [3.05, 3.63) is 35.9 Å². The van der Waals surface area contributed by atoms with E-state index in [9.17, 15) is 4.79 Å². The van der Waals surface area contributed by atoms with E-state index in [2.05, 4.69) is 19.2 Å². The van der Waals surface area contributed by atoms with Crippen molar-refractivity contribution >= 4 is 18.6 Å². The molecule has 0 aliphatic rings. The van der Waals surface area contributed by atoms with Crippen molar-refractivity contribution in [2.45, 2.75) is 18.7 Å². The lowest BCUT2D eigenvalue weighted by Gasteiger charge is -2.09. The van der Waals surface area contributed by atoms with Gasteiger partial charge in [0.1, 0.15) is 5.75 Å². The van der Waals surface area contributed by atoms with E-state index < -0.39 is 5.97 Å². The number of carbonyl (C=O) groups excluding carboxylic acids is 1. The highest BCUT2D eigenvalue weighted by molar-refractivity contribution is 7.80. The normalized spacial score (nSPS) is 9.64. The Balaban J connectivity index is 3.05. The van der Waals surface area contributed by atoms with Crippen molar-refractivity contribution in [2.75, 3.05) is 0 Å². The smallest absolute Gasteiger partial charge is 0.335 e. The zero-order valence-corrected chi connectivity index (χ0v) is 9.10. The highest BCUT2D eigenvalue weighted by atomic mass is 32.1. The molecule has 0 bridgehead atoms. The molecule has 3 heteroatoms. The van der Waals surface area contributed by atoms with E-state index >= 15 is 0 Å². The summed E-state index contributed by atoms with van der Waals surface area (Å²) in [5, 5.41) is 0. The Labute approximate surface area is 89.0 Å². The first-order valence-electron chi connectivity index (χ1n) is 4.19. The second kappa shape index (κ2) is 4.33. The Morgan fingerprint density at radius 2 is 2.07 bits per heavy atom. The highest BCUT2D eigenvalue weighted by Gasteiger charge is 2.07. The molecule has 0 aliphatic heterocycles. The number of ether oxygens (including phenoxy) is 1. The van der Waals surface area contributed by atoms with Gasteiger partial charge in [-0.15, -0.1) is 12.6 Å². The molecule has 1 aromatic carbocycles. The molecule has 0 spiro atoms. The maximum Gasteiger partial charge on any atom is 0.335 e. The molecule has 0 aliphatic carbocycles. The lowest BCUT2D eigenvalue weighted by molar-refractivity contribution is -0.129. The van der Waals surface area contributed by atoms with Crippen molar-refractivity contribution in [3.8, 4) is 5.75 Å². The van der Waals surface area contributed by atoms with Crippen LogP contribution in [0.2, 0.25) is 0 Å². The third kappa shape index (κ3) is 2.17. The molecule has 1 aromatic rings. The van der Waals surface area contributed by atoms with Crippen LogP contribution in [0.15, 0.2) is 29.7 Å². The third-order valence-corrected chi connectivity index (χ3v) is 2.57. The number of hydrogen-bond donors (Lipinski definition) is 1. The van der Waals surface area contributed by atoms with Crippen LogP contribution >= 0.6 is 12.6 Å². The van der Waals surface area contributed by atoms with Crippen molar-refractivity contribution in [1.29, 1.82) is 0 Å². The molecule has 0 fully saturated rings. The molecule has 0 atom stereocenters. The number of hydrogen-bond acceptors (Lipinski definition) is 3. The van der Waals surface area contributed by atoms with E-state index in [1.807, 2.05) is 13.8 Å². The van der Waals surface area contributed by atoms with Crippen LogP contribution in [-0.4, -0.2) is 5.97 Å². The second-order valence-electron chi connectivity index (χ2n) is 2.96. The van der Waals surface area contributed by atoms with Gasteiger partial charge in [0, 0.05) is 11.0 Å². The minimum Gasteiger partial charge on any atom is -0.423 e. The average molecular weight is 208 g/mol. The number of rotatable bonds is 2. The minimum absolute atomic E-state index is 0.445. The van der Waals surface area contributed by atoms with Gasteiger partial charge in [-0.3, -0.25) is 0 Å². The number of thiol groups is 1. The van der Waals surface area contributed by atoms with Gasteiger partial charge < -0.3 is 4.74 Å². The summed E-state index contributed by atoms with van der Waals surface area (Å²) in [6.45, 7) is 7.16. The molecular weight excluding hydrogens is 196 g/mol. The molecule has 1 rings (SSSR count). The standard InChI is InChI=1S/C11H12O2S/c1-4-11(12)13-9-5-6-10(14)8(3)7(9)2/h4-6,14H,1H2,2-3H3. The Hall–Kier alpha value is -1.22. The first-order valence-corrected chi connectivity index (χ1v) is 4.64. The summed E-state index contributed by atoms with van der Waals surface area (Å²) in [6, 6.07) is 3.53. The Bertz CT molecular complexity index is 383. The number of carbonyl (C=O) groups is 1. The average Bonchev–Trinajstić information content (AvgIpc) is 2.19. The van der Waals surface area contributed by atoms with Gasteiger partial charge in [0.2, 0.25) is 0 Å². The first-order chi connectivity index (χ1) is 6.56. The largest absolute Gasteiger partial charge is 0.423 e. The van der Waals surface area contributed by atoms with Crippen molar-refractivity contribution < 1.29 is 9.53 Å².